The summed E-state index contributed by atoms with van der Waals surface area (Å²) < 4.78 is 24.9. The lowest BCUT2D eigenvalue weighted by atomic mass is 10.2. The maximum Gasteiger partial charge on any atom is 0.265 e. The molecule has 2 N–H and O–H groups in total. The summed E-state index contributed by atoms with van der Waals surface area (Å²) in [6.07, 6.45) is -2.38. The first-order valence-electron chi connectivity index (χ1n) is 5.95. The van der Waals surface area contributed by atoms with Gasteiger partial charge in [-0.2, -0.15) is 0 Å². The Morgan fingerprint density at radius 3 is 2.75 bits per heavy atom. The molecule has 1 amide bonds. The van der Waals surface area contributed by atoms with Crippen LogP contribution in [-0.2, 0) is 0 Å². The van der Waals surface area contributed by atoms with Crippen LogP contribution in [0.5, 0.6) is 0 Å². The van der Waals surface area contributed by atoms with E-state index in [9.17, 15) is 13.6 Å². The summed E-state index contributed by atoms with van der Waals surface area (Å²) in [5.41, 5.74) is 0.450. The van der Waals surface area contributed by atoms with Crippen molar-refractivity contribution in [3.8, 4) is 11.8 Å². The number of carbonyl (C=O) groups excluding carboxylic acids is 1. The second-order valence-corrected chi connectivity index (χ2v) is 4.72. The third kappa shape index (κ3) is 4.89. The van der Waals surface area contributed by atoms with Crippen molar-refractivity contribution in [2.45, 2.75) is 12.8 Å². The van der Waals surface area contributed by atoms with Gasteiger partial charge < -0.3 is 15.1 Å². The molecule has 0 saturated carbocycles. The van der Waals surface area contributed by atoms with E-state index in [2.05, 4.69) is 11.8 Å². The highest BCUT2D eigenvalue weighted by molar-refractivity contribution is 7.12. The fourth-order valence-corrected chi connectivity index (χ4v) is 2.31. The number of thiophene rings is 1. The highest BCUT2D eigenvalue weighted by Crippen LogP contribution is 2.19. The van der Waals surface area contributed by atoms with Crippen LogP contribution >= 0.6 is 11.3 Å². The van der Waals surface area contributed by atoms with E-state index < -0.39 is 18.9 Å². The Morgan fingerprint density at radius 2 is 2.15 bits per heavy atom. The molecular formula is C13H15F2NO3S. The Morgan fingerprint density at radius 1 is 1.40 bits per heavy atom. The predicted molar refractivity (Wildman–Crippen MR) is 71.9 cm³/mol. The van der Waals surface area contributed by atoms with Gasteiger partial charge in [-0.05, 0) is 11.4 Å². The summed E-state index contributed by atoms with van der Waals surface area (Å²) in [6.45, 7) is -1.33. The number of aliphatic hydroxyl groups is 2. The fourth-order valence-electron chi connectivity index (χ4n) is 1.49. The number of nitrogens with zero attached hydrogens (tertiary/aromatic N) is 1. The minimum Gasteiger partial charge on any atom is -0.395 e. The molecule has 0 radical (unpaired) electrons. The van der Waals surface area contributed by atoms with Crippen molar-refractivity contribution in [2.75, 3.05) is 26.3 Å². The second-order valence-electron chi connectivity index (χ2n) is 3.80. The van der Waals surface area contributed by atoms with Gasteiger partial charge in [0.2, 0.25) is 0 Å². The summed E-state index contributed by atoms with van der Waals surface area (Å²) in [7, 11) is 0. The number of alkyl halides is 2. The van der Waals surface area contributed by atoms with Crippen LogP contribution in [0.4, 0.5) is 8.78 Å². The molecule has 4 nitrogen and oxygen atoms in total. The zero-order valence-corrected chi connectivity index (χ0v) is 11.5. The molecule has 0 aromatic carbocycles. The highest BCUT2D eigenvalue weighted by Gasteiger charge is 2.22. The maximum absolute atomic E-state index is 12.4. The number of hydrogen-bond donors (Lipinski definition) is 2. The number of rotatable bonds is 6. The number of halogens is 2. The molecule has 0 aliphatic carbocycles. The van der Waals surface area contributed by atoms with E-state index in [-0.39, 0.29) is 31.1 Å². The van der Waals surface area contributed by atoms with Crippen molar-refractivity contribution in [3.05, 3.63) is 21.9 Å². The van der Waals surface area contributed by atoms with E-state index in [4.69, 9.17) is 10.2 Å². The lowest BCUT2D eigenvalue weighted by molar-refractivity contribution is 0.0513. The summed E-state index contributed by atoms with van der Waals surface area (Å²) in [4.78, 5) is 13.3. The van der Waals surface area contributed by atoms with Crippen molar-refractivity contribution >= 4 is 17.2 Å². The molecule has 0 saturated heterocycles. The minimum absolute atomic E-state index is 0.0809. The molecule has 1 aromatic rings. The lowest BCUT2D eigenvalue weighted by Gasteiger charge is -2.20. The zero-order chi connectivity index (χ0) is 15.0. The standard InChI is InChI=1S/C13H15F2NO3S/c14-11(15)9-16(5-7-18)13(19)12-10(4-8-20-12)3-1-2-6-17/h4,8,11,17-18H,2,5-7,9H2. The number of amides is 1. The van der Waals surface area contributed by atoms with E-state index in [0.717, 1.165) is 16.2 Å². The van der Waals surface area contributed by atoms with Crippen LogP contribution in [0.1, 0.15) is 21.7 Å². The van der Waals surface area contributed by atoms with Gasteiger partial charge in [-0.1, -0.05) is 11.8 Å². The Hall–Kier alpha value is -1.49. The number of hydrogen-bond acceptors (Lipinski definition) is 4. The fraction of sp³-hybridized carbons (Fsp3) is 0.462. The minimum atomic E-state index is -2.66. The Kier molecular flexibility index (Phi) is 7.15. The smallest absolute Gasteiger partial charge is 0.265 e. The van der Waals surface area contributed by atoms with Crippen molar-refractivity contribution in [1.29, 1.82) is 0 Å². The topological polar surface area (TPSA) is 60.8 Å². The van der Waals surface area contributed by atoms with Crippen molar-refractivity contribution in [1.82, 2.24) is 4.90 Å². The molecule has 110 valence electrons. The molecule has 0 unspecified atom stereocenters. The van der Waals surface area contributed by atoms with Gasteiger partial charge in [0.05, 0.1) is 19.8 Å². The monoisotopic (exact) mass is 303 g/mol. The quantitative estimate of drug-likeness (QED) is 0.776. The highest BCUT2D eigenvalue weighted by atomic mass is 32.1. The maximum atomic E-state index is 12.4. The average Bonchev–Trinajstić information content (AvgIpc) is 2.85. The third-order valence-corrected chi connectivity index (χ3v) is 3.24. The lowest BCUT2D eigenvalue weighted by Crippen LogP contribution is -2.37. The van der Waals surface area contributed by atoms with Crippen LogP contribution in [0.25, 0.3) is 0 Å². The van der Waals surface area contributed by atoms with Gasteiger partial charge in [0.1, 0.15) is 4.88 Å². The van der Waals surface area contributed by atoms with E-state index in [0.29, 0.717) is 5.56 Å². The largest absolute Gasteiger partial charge is 0.395 e. The van der Waals surface area contributed by atoms with Crippen molar-refractivity contribution in [3.63, 3.8) is 0 Å². The van der Waals surface area contributed by atoms with Gasteiger partial charge in [0.25, 0.3) is 12.3 Å². The van der Waals surface area contributed by atoms with Gasteiger partial charge in [0, 0.05) is 18.5 Å². The van der Waals surface area contributed by atoms with Crippen LogP contribution in [0.2, 0.25) is 0 Å². The van der Waals surface area contributed by atoms with Crippen LogP contribution in [0.3, 0.4) is 0 Å². The molecule has 0 aliphatic heterocycles. The molecule has 0 aliphatic rings. The van der Waals surface area contributed by atoms with Gasteiger partial charge in [0.15, 0.2) is 0 Å². The molecule has 0 spiro atoms. The molecular weight excluding hydrogens is 288 g/mol. The molecule has 0 fully saturated rings. The molecule has 1 aromatic heterocycles. The van der Waals surface area contributed by atoms with Crippen molar-refractivity contribution in [2.24, 2.45) is 0 Å². The average molecular weight is 303 g/mol. The first-order chi connectivity index (χ1) is 9.60. The second kappa shape index (κ2) is 8.64. The summed E-state index contributed by atoms with van der Waals surface area (Å²) in [5, 5.41) is 19.1. The molecule has 1 rings (SSSR count). The Bertz CT molecular complexity index is 493. The third-order valence-electron chi connectivity index (χ3n) is 2.33. The first kappa shape index (κ1) is 16.6. The normalized spacial score (nSPS) is 10.2. The van der Waals surface area contributed by atoms with Crippen LogP contribution in [0.15, 0.2) is 11.4 Å². The zero-order valence-electron chi connectivity index (χ0n) is 10.7. The predicted octanol–water partition coefficient (Wildman–Crippen LogP) is 1.18. The van der Waals surface area contributed by atoms with Crippen LogP contribution in [-0.4, -0.2) is 53.7 Å². The summed E-state index contributed by atoms with van der Waals surface area (Å²) in [5.74, 6) is 4.84. The van der Waals surface area contributed by atoms with E-state index in [1.165, 1.54) is 0 Å². The van der Waals surface area contributed by atoms with E-state index >= 15 is 0 Å². The van der Waals surface area contributed by atoms with Crippen LogP contribution < -0.4 is 0 Å². The Balaban J connectivity index is 2.89. The van der Waals surface area contributed by atoms with Gasteiger partial charge >= 0.3 is 0 Å². The van der Waals surface area contributed by atoms with Crippen molar-refractivity contribution < 1.29 is 23.8 Å². The Labute approximate surface area is 119 Å². The van der Waals surface area contributed by atoms with E-state index in [1.54, 1.807) is 11.4 Å². The van der Waals surface area contributed by atoms with Gasteiger partial charge in [-0.15, -0.1) is 11.3 Å². The first-order valence-corrected chi connectivity index (χ1v) is 6.83. The molecule has 20 heavy (non-hydrogen) atoms. The SMILES string of the molecule is O=C(c1sccc1C#CCCO)N(CCO)CC(F)F. The van der Waals surface area contributed by atoms with Crippen LogP contribution in [0, 0.1) is 11.8 Å². The number of aliphatic hydroxyl groups excluding tert-OH is 2. The van der Waals surface area contributed by atoms with Gasteiger partial charge in [-0.3, -0.25) is 4.79 Å². The summed E-state index contributed by atoms with van der Waals surface area (Å²) >= 11 is 1.11. The summed E-state index contributed by atoms with van der Waals surface area (Å²) in [6, 6.07) is 1.63. The molecule has 1 heterocycles. The number of carbonyl (C=O) groups is 1. The van der Waals surface area contributed by atoms with E-state index in [1.807, 2.05) is 0 Å². The molecule has 7 heteroatoms. The molecule has 0 bridgehead atoms. The van der Waals surface area contributed by atoms with Gasteiger partial charge in [-0.25, -0.2) is 8.78 Å². The molecule has 0 atom stereocenters.